The van der Waals surface area contributed by atoms with E-state index in [-0.39, 0.29) is 0 Å². The van der Waals surface area contributed by atoms with Gasteiger partial charge >= 0.3 is 0 Å². The first kappa shape index (κ1) is 31.1. The number of hydrogen-bond acceptors (Lipinski definition) is 3. The number of rotatable bonds is 8. The summed E-state index contributed by atoms with van der Waals surface area (Å²) in [6, 6.07) is 61.3. The van der Waals surface area contributed by atoms with E-state index in [1.165, 1.54) is 5.39 Å². The monoisotopic (exact) mass is 666 g/mol. The summed E-state index contributed by atoms with van der Waals surface area (Å²) in [7, 11) is 0. The van der Waals surface area contributed by atoms with Crippen LogP contribution in [0.1, 0.15) is 16.7 Å². The largest absolute Gasteiger partial charge is 0.308 e. The van der Waals surface area contributed by atoms with Crippen LogP contribution in [-0.2, 0) is 6.54 Å². The third-order valence-electron chi connectivity index (χ3n) is 9.79. The first-order valence-electron chi connectivity index (χ1n) is 17.5. The molecule has 2 heterocycles. The molecule has 0 bridgehead atoms. The number of aliphatic imine (C=N–C) groups is 2. The maximum absolute atomic E-state index is 5.28. The average Bonchev–Trinajstić information content (AvgIpc) is 3.57. The van der Waals surface area contributed by atoms with E-state index in [2.05, 4.69) is 144 Å². The number of fused-ring (bicyclic) bond motifs is 6. The minimum Gasteiger partial charge on any atom is -0.308 e. The molecule has 2 aromatic heterocycles. The lowest BCUT2D eigenvalue weighted by molar-refractivity contribution is 1.08. The fourth-order valence-corrected chi connectivity index (χ4v) is 7.37. The van der Waals surface area contributed by atoms with Crippen molar-refractivity contribution in [1.29, 1.82) is 0 Å². The Morgan fingerprint density at radius 1 is 0.577 bits per heavy atom. The lowest BCUT2D eigenvalue weighted by atomic mass is 10.0. The molecule has 9 aromatic rings. The zero-order chi connectivity index (χ0) is 34.9. The Morgan fingerprint density at radius 3 is 1.90 bits per heavy atom. The predicted octanol–water partition coefficient (Wildman–Crippen LogP) is 11.9. The second kappa shape index (κ2) is 13.4. The van der Waals surface area contributed by atoms with Crippen LogP contribution in [0.25, 0.3) is 66.1 Å². The molecule has 0 unspecified atom stereocenters. The van der Waals surface area contributed by atoms with Crippen molar-refractivity contribution >= 4 is 61.6 Å². The Morgan fingerprint density at radius 2 is 1.17 bits per heavy atom. The van der Waals surface area contributed by atoms with Gasteiger partial charge < -0.3 is 4.57 Å². The van der Waals surface area contributed by atoms with Gasteiger partial charge in [0, 0.05) is 32.7 Å². The predicted molar refractivity (Wildman–Crippen MR) is 220 cm³/mol. The van der Waals surface area contributed by atoms with Crippen molar-refractivity contribution in [2.45, 2.75) is 6.54 Å². The number of pyridine rings is 1. The average molecular weight is 667 g/mol. The third-order valence-corrected chi connectivity index (χ3v) is 9.79. The minimum atomic E-state index is 0.499. The van der Waals surface area contributed by atoms with Crippen molar-refractivity contribution in [3.05, 3.63) is 199 Å². The minimum absolute atomic E-state index is 0.499. The van der Waals surface area contributed by atoms with E-state index >= 15 is 0 Å². The van der Waals surface area contributed by atoms with Gasteiger partial charge in [0.15, 0.2) is 0 Å². The van der Waals surface area contributed by atoms with Gasteiger partial charge in [0.1, 0.15) is 0 Å². The van der Waals surface area contributed by atoms with E-state index in [0.717, 1.165) is 83.1 Å². The highest BCUT2D eigenvalue weighted by Crippen LogP contribution is 2.42. The summed E-state index contributed by atoms with van der Waals surface area (Å²) in [5, 5.41) is 5.78. The maximum atomic E-state index is 5.28. The van der Waals surface area contributed by atoms with Crippen molar-refractivity contribution in [1.82, 2.24) is 9.55 Å². The molecule has 0 aliphatic heterocycles. The van der Waals surface area contributed by atoms with Crippen LogP contribution >= 0.6 is 0 Å². The number of hydrogen-bond donors (Lipinski definition) is 0. The quantitative estimate of drug-likeness (QED) is 0.149. The van der Waals surface area contributed by atoms with Crippen LogP contribution in [0.3, 0.4) is 0 Å². The zero-order valence-electron chi connectivity index (χ0n) is 28.5. The van der Waals surface area contributed by atoms with E-state index < -0.39 is 0 Å². The molecule has 4 heteroatoms. The summed E-state index contributed by atoms with van der Waals surface area (Å²) >= 11 is 0. The molecule has 0 radical (unpaired) electrons. The molecule has 9 rings (SSSR count). The molecule has 4 nitrogen and oxygen atoms in total. The molecule has 7 aromatic carbocycles. The standard InChI is InChI=1S/C48H34N4/c1-49-42(33-17-5-2-6-18-33)31-43(34-19-7-3-8-20-34)50-32-36-29-30-45(38-24-12-11-23-37(36)38)52-44-28-16-14-26-40(44)46-47(35-21-9-4-10-22-35)51-41-27-15-13-25-39(41)48(46)52/h2-31H,1,32H2/b42-31-,50-43+. The topological polar surface area (TPSA) is 42.5 Å². The Bertz CT molecular complexity index is 2810. The smallest absolute Gasteiger partial charge is 0.0809 e. The molecule has 0 spiro atoms. The maximum Gasteiger partial charge on any atom is 0.0809 e. The Kier molecular flexibility index (Phi) is 8.03. The van der Waals surface area contributed by atoms with Gasteiger partial charge in [-0.15, -0.1) is 0 Å². The summed E-state index contributed by atoms with van der Waals surface area (Å²) in [6.07, 6.45) is 2.04. The van der Waals surface area contributed by atoms with Gasteiger partial charge in [-0.25, -0.2) is 4.98 Å². The number of benzene rings is 7. The fraction of sp³-hybridized carbons (Fsp3) is 0.0208. The van der Waals surface area contributed by atoms with Gasteiger partial charge in [0.2, 0.25) is 0 Å². The van der Waals surface area contributed by atoms with Crippen LogP contribution in [-0.4, -0.2) is 22.0 Å². The molecule has 52 heavy (non-hydrogen) atoms. The molecule has 0 N–H and O–H groups in total. The molecule has 0 saturated carbocycles. The molecule has 0 saturated heterocycles. The zero-order valence-corrected chi connectivity index (χ0v) is 28.5. The normalized spacial score (nSPS) is 12.2. The fourth-order valence-electron chi connectivity index (χ4n) is 7.37. The van der Waals surface area contributed by atoms with Crippen molar-refractivity contribution in [3.63, 3.8) is 0 Å². The first-order valence-corrected chi connectivity index (χ1v) is 17.5. The highest BCUT2D eigenvalue weighted by molar-refractivity contribution is 6.23. The third kappa shape index (κ3) is 5.47. The lowest BCUT2D eigenvalue weighted by Crippen LogP contribution is -2.01. The van der Waals surface area contributed by atoms with Crippen molar-refractivity contribution in [3.8, 4) is 16.9 Å². The van der Waals surface area contributed by atoms with Gasteiger partial charge in [-0.3, -0.25) is 9.98 Å². The van der Waals surface area contributed by atoms with Gasteiger partial charge in [0.05, 0.1) is 45.9 Å². The Labute approximate surface area is 302 Å². The second-order valence-corrected chi connectivity index (χ2v) is 12.8. The van der Waals surface area contributed by atoms with Gasteiger partial charge in [0.25, 0.3) is 0 Å². The van der Waals surface area contributed by atoms with Crippen LogP contribution in [0.15, 0.2) is 192 Å². The van der Waals surface area contributed by atoms with Gasteiger partial charge in [-0.05, 0) is 47.5 Å². The summed E-state index contributed by atoms with van der Waals surface area (Å²) in [5.41, 5.74) is 11.3. The van der Waals surface area contributed by atoms with Crippen LogP contribution < -0.4 is 0 Å². The van der Waals surface area contributed by atoms with E-state index in [1.807, 2.05) is 54.6 Å². The highest BCUT2D eigenvalue weighted by Gasteiger charge is 2.21. The summed E-state index contributed by atoms with van der Waals surface area (Å²) in [6.45, 7) is 4.38. The molecule has 0 aliphatic rings. The number of para-hydroxylation sites is 2. The van der Waals surface area contributed by atoms with Gasteiger partial charge in [-0.1, -0.05) is 158 Å². The number of nitrogens with zero attached hydrogens (tertiary/aromatic N) is 4. The summed E-state index contributed by atoms with van der Waals surface area (Å²) in [4.78, 5) is 14.9. The molecule has 0 aliphatic carbocycles. The second-order valence-electron chi connectivity index (χ2n) is 12.8. The van der Waals surface area contributed by atoms with E-state index in [4.69, 9.17) is 9.98 Å². The molecule has 0 fully saturated rings. The molecule has 0 atom stereocenters. The molecular weight excluding hydrogens is 633 g/mol. The van der Waals surface area contributed by atoms with E-state index in [0.29, 0.717) is 6.54 Å². The molecule has 0 amide bonds. The first-order chi connectivity index (χ1) is 25.8. The summed E-state index contributed by atoms with van der Waals surface area (Å²) < 4.78 is 2.44. The van der Waals surface area contributed by atoms with Crippen LogP contribution in [0.5, 0.6) is 0 Å². The lowest BCUT2D eigenvalue weighted by Gasteiger charge is -2.16. The van der Waals surface area contributed by atoms with Crippen molar-refractivity contribution in [2.24, 2.45) is 9.98 Å². The van der Waals surface area contributed by atoms with Crippen LogP contribution in [0.2, 0.25) is 0 Å². The van der Waals surface area contributed by atoms with E-state index in [1.54, 1.807) is 0 Å². The molecular formula is C48H34N4. The summed E-state index contributed by atoms with van der Waals surface area (Å²) in [5.74, 6) is 0. The van der Waals surface area contributed by atoms with E-state index in [9.17, 15) is 0 Å². The Balaban J connectivity index is 1.26. The van der Waals surface area contributed by atoms with Crippen LogP contribution in [0.4, 0.5) is 0 Å². The number of allylic oxidation sites excluding steroid dienone is 1. The van der Waals surface area contributed by atoms with Crippen LogP contribution in [0, 0.1) is 0 Å². The number of aromatic nitrogens is 2. The Hall–Kier alpha value is -6.91. The molecule has 246 valence electrons. The highest BCUT2D eigenvalue weighted by atomic mass is 15.0. The van der Waals surface area contributed by atoms with Gasteiger partial charge in [-0.2, -0.15) is 0 Å². The SMILES string of the molecule is C=N/C(=C\C(=N/Cc1ccc(-n2c3ccccc3c3c(-c4ccccc4)nc4ccccc4c32)c2ccccc12)c1ccccc1)c1ccccc1. The van der Waals surface area contributed by atoms with Crippen molar-refractivity contribution in [2.75, 3.05) is 0 Å². The van der Waals surface area contributed by atoms with Crippen molar-refractivity contribution < 1.29 is 0 Å².